The molecule has 188 valence electrons. The van der Waals surface area contributed by atoms with Crippen molar-refractivity contribution < 1.29 is 29.0 Å². The number of hydrogen-bond donors (Lipinski definition) is 2. The molecule has 0 spiro atoms. The number of hydrogen-bond acceptors (Lipinski definition) is 4. The lowest BCUT2D eigenvalue weighted by Crippen LogP contribution is -2.46. The largest absolute Gasteiger partial charge is 0.480 e. The molecule has 7 nitrogen and oxygen atoms in total. The predicted octanol–water partition coefficient (Wildman–Crippen LogP) is 6.29. The van der Waals surface area contributed by atoms with Gasteiger partial charge in [0.2, 0.25) is 0 Å². The standard InChI is InChI=1S/C28H21Cl2NO6/c29-20-10-12-22(23(30)15-20)26(32)31(24(28(35)36)14-17-4-2-1-3-5-17)16-21-11-13-25(37-21)18-6-8-19(9-7-18)27(33)34/h1-13,15,24H,14,16H2,(H,33,34)(H,35,36). The zero-order chi connectivity index (χ0) is 26.5. The number of benzene rings is 3. The van der Waals surface area contributed by atoms with Crippen molar-refractivity contribution in [1.29, 1.82) is 0 Å². The number of furan rings is 1. The molecule has 3 aromatic carbocycles. The monoisotopic (exact) mass is 537 g/mol. The predicted molar refractivity (Wildman–Crippen MR) is 139 cm³/mol. The van der Waals surface area contributed by atoms with Crippen molar-refractivity contribution in [3.63, 3.8) is 0 Å². The van der Waals surface area contributed by atoms with Crippen LogP contribution in [0.15, 0.2) is 89.3 Å². The van der Waals surface area contributed by atoms with Crippen LogP contribution in [0.25, 0.3) is 11.3 Å². The number of halogens is 2. The van der Waals surface area contributed by atoms with Gasteiger partial charge in [-0.3, -0.25) is 4.79 Å². The lowest BCUT2D eigenvalue weighted by atomic mass is 10.0. The maximum Gasteiger partial charge on any atom is 0.335 e. The molecule has 4 aromatic rings. The third-order valence-electron chi connectivity index (χ3n) is 5.76. The zero-order valence-corrected chi connectivity index (χ0v) is 20.8. The molecule has 0 radical (unpaired) electrons. The number of carboxylic acids is 2. The first-order valence-electron chi connectivity index (χ1n) is 11.2. The summed E-state index contributed by atoms with van der Waals surface area (Å²) >= 11 is 12.3. The first-order chi connectivity index (χ1) is 17.7. The Bertz CT molecular complexity index is 1430. The summed E-state index contributed by atoms with van der Waals surface area (Å²) in [5, 5.41) is 19.7. The molecule has 37 heavy (non-hydrogen) atoms. The molecule has 9 heteroatoms. The molecule has 0 fully saturated rings. The van der Waals surface area contributed by atoms with Crippen molar-refractivity contribution >= 4 is 41.0 Å². The van der Waals surface area contributed by atoms with Gasteiger partial charge < -0.3 is 19.5 Å². The molecule has 1 amide bonds. The second kappa shape index (κ2) is 11.3. The van der Waals surface area contributed by atoms with Crippen LogP contribution in [0.1, 0.15) is 32.0 Å². The van der Waals surface area contributed by atoms with Crippen molar-refractivity contribution in [2.75, 3.05) is 0 Å². The quantitative estimate of drug-likeness (QED) is 0.259. The normalized spacial score (nSPS) is 11.6. The fourth-order valence-electron chi connectivity index (χ4n) is 3.87. The topological polar surface area (TPSA) is 108 Å². The molecule has 1 aromatic heterocycles. The maximum atomic E-state index is 13.6. The number of rotatable bonds is 9. The molecule has 4 rings (SSSR count). The van der Waals surface area contributed by atoms with Crippen molar-refractivity contribution in [3.05, 3.63) is 117 Å². The van der Waals surface area contributed by atoms with Gasteiger partial charge >= 0.3 is 11.9 Å². The van der Waals surface area contributed by atoms with Crippen LogP contribution in [0.2, 0.25) is 10.0 Å². The second-order valence-electron chi connectivity index (χ2n) is 8.25. The number of carbonyl (C=O) groups is 3. The van der Waals surface area contributed by atoms with Gasteiger partial charge in [0.15, 0.2) is 0 Å². The van der Waals surface area contributed by atoms with E-state index in [-0.39, 0.29) is 29.1 Å². The van der Waals surface area contributed by atoms with Gasteiger partial charge in [0.25, 0.3) is 5.91 Å². The molecule has 0 aliphatic carbocycles. The van der Waals surface area contributed by atoms with E-state index in [0.29, 0.717) is 22.1 Å². The highest BCUT2D eigenvalue weighted by atomic mass is 35.5. The Morgan fingerprint density at radius 3 is 2.19 bits per heavy atom. The molecule has 0 saturated heterocycles. The van der Waals surface area contributed by atoms with E-state index in [1.54, 1.807) is 48.5 Å². The van der Waals surface area contributed by atoms with E-state index in [1.165, 1.54) is 35.2 Å². The number of nitrogens with zero attached hydrogens (tertiary/aromatic N) is 1. The third kappa shape index (κ3) is 6.20. The third-order valence-corrected chi connectivity index (χ3v) is 6.31. The van der Waals surface area contributed by atoms with Crippen LogP contribution in [0.5, 0.6) is 0 Å². The minimum atomic E-state index is -1.22. The highest BCUT2D eigenvalue weighted by Crippen LogP contribution is 2.27. The first kappa shape index (κ1) is 26.0. The highest BCUT2D eigenvalue weighted by molar-refractivity contribution is 6.36. The van der Waals surface area contributed by atoms with Gasteiger partial charge in [-0.2, -0.15) is 0 Å². The van der Waals surface area contributed by atoms with E-state index >= 15 is 0 Å². The van der Waals surface area contributed by atoms with Crippen LogP contribution in [-0.2, 0) is 17.8 Å². The van der Waals surface area contributed by atoms with E-state index in [4.69, 9.17) is 32.7 Å². The van der Waals surface area contributed by atoms with Crippen molar-refractivity contribution in [1.82, 2.24) is 4.90 Å². The smallest absolute Gasteiger partial charge is 0.335 e. The Kier molecular flexibility index (Phi) is 7.96. The Labute approximate surface area is 222 Å². The maximum absolute atomic E-state index is 13.6. The van der Waals surface area contributed by atoms with E-state index in [9.17, 15) is 19.5 Å². The molecule has 1 atom stereocenters. The summed E-state index contributed by atoms with van der Waals surface area (Å²) in [6, 6.07) is 21.6. The number of aromatic carboxylic acids is 1. The summed E-state index contributed by atoms with van der Waals surface area (Å²) in [4.78, 5) is 38.4. The van der Waals surface area contributed by atoms with Gasteiger partial charge in [-0.1, -0.05) is 65.7 Å². The summed E-state index contributed by atoms with van der Waals surface area (Å²) in [5.41, 5.74) is 1.63. The number of aliphatic carboxylic acids is 1. The molecule has 0 aliphatic heterocycles. The van der Waals surface area contributed by atoms with Gasteiger partial charge in [0.05, 0.1) is 22.7 Å². The zero-order valence-electron chi connectivity index (χ0n) is 19.3. The molecular weight excluding hydrogens is 517 g/mol. The minimum absolute atomic E-state index is 0.0668. The van der Waals surface area contributed by atoms with Crippen molar-refractivity contribution in [3.8, 4) is 11.3 Å². The van der Waals surface area contributed by atoms with E-state index in [0.717, 1.165) is 5.56 Å². The van der Waals surface area contributed by atoms with Crippen LogP contribution < -0.4 is 0 Å². The molecule has 2 N–H and O–H groups in total. The SMILES string of the molecule is O=C(O)c1ccc(-c2ccc(CN(C(=O)c3ccc(Cl)cc3Cl)C(Cc3ccccc3)C(=O)O)o2)cc1. The fraction of sp³-hybridized carbons (Fsp3) is 0.107. The van der Waals surface area contributed by atoms with Gasteiger partial charge in [-0.15, -0.1) is 0 Å². The molecule has 0 saturated carbocycles. The Morgan fingerprint density at radius 1 is 0.865 bits per heavy atom. The number of amides is 1. The lowest BCUT2D eigenvalue weighted by Gasteiger charge is -2.29. The van der Waals surface area contributed by atoms with Crippen molar-refractivity contribution in [2.24, 2.45) is 0 Å². The lowest BCUT2D eigenvalue weighted by molar-refractivity contribution is -0.142. The van der Waals surface area contributed by atoms with Crippen LogP contribution in [0.4, 0.5) is 0 Å². The van der Waals surface area contributed by atoms with Gasteiger partial charge in [-0.25, -0.2) is 9.59 Å². The molecule has 0 bridgehead atoms. The first-order valence-corrected chi connectivity index (χ1v) is 11.9. The van der Waals surface area contributed by atoms with Crippen LogP contribution >= 0.6 is 23.2 Å². The average Bonchev–Trinajstić information content (AvgIpc) is 3.35. The van der Waals surface area contributed by atoms with Crippen LogP contribution in [0, 0.1) is 0 Å². The fourth-order valence-corrected chi connectivity index (χ4v) is 4.36. The summed E-state index contributed by atoms with van der Waals surface area (Å²) in [6.07, 6.45) is 0.0668. The van der Waals surface area contributed by atoms with Crippen molar-refractivity contribution in [2.45, 2.75) is 19.0 Å². The molecular formula is C28H21Cl2NO6. The number of carboxylic acid groups (broad SMARTS) is 2. The molecule has 0 aliphatic rings. The Morgan fingerprint density at radius 2 is 1.57 bits per heavy atom. The van der Waals surface area contributed by atoms with Crippen LogP contribution in [-0.4, -0.2) is 39.0 Å². The van der Waals surface area contributed by atoms with Gasteiger partial charge in [0, 0.05) is 17.0 Å². The molecule has 1 unspecified atom stereocenters. The van der Waals surface area contributed by atoms with E-state index < -0.39 is 23.9 Å². The van der Waals surface area contributed by atoms with Gasteiger partial charge in [0.1, 0.15) is 17.6 Å². The van der Waals surface area contributed by atoms with E-state index in [1.807, 2.05) is 6.07 Å². The van der Waals surface area contributed by atoms with E-state index in [2.05, 4.69) is 0 Å². The van der Waals surface area contributed by atoms with Gasteiger partial charge in [-0.05, 0) is 48.0 Å². The average molecular weight is 538 g/mol. The summed E-state index contributed by atoms with van der Waals surface area (Å²) in [5.74, 6) is -2.03. The summed E-state index contributed by atoms with van der Waals surface area (Å²) in [6.45, 7) is -0.144. The summed E-state index contributed by atoms with van der Waals surface area (Å²) in [7, 11) is 0. The Hall–Kier alpha value is -4.07. The highest BCUT2D eigenvalue weighted by Gasteiger charge is 2.32. The van der Waals surface area contributed by atoms with Crippen LogP contribution in [0.3, 0.4) is 0 Å². The summed E-state index contributed by atoms with van der Waals surface area (Å²) < 4.78 is 5.93. The Balaban J connectivity index is 1.68. The second-order valence-corrected chi connectivity index (χ2v) is 9.09. The molecule has 1 heterocycles. The number of carbonyl (C=O) groups excluding carboxylic acids is 1. The minimum Gasteiger partial charge on any atom is -0.480 e.